The van der Waals surface area contributed by atoms with E-state index in [4.69, 9.17) is 0 Å². The minimum absolute atomic E-state index is 0. The first-order valence-electron chi connectivity index (χ1n) is 7.05. The predicted octanol–water partition coefficient (Wildman–Crippen LogP) is -4.02. The molecule has 0 radical (unpaired) electrons. The van der Waals surface area contributed by atoms with Crippen LogP contribution in [0.3, 0.4) is 0 Å². The molecule has 0 saturated carbocycles. The largest absolute Gasteiger partial charge is 1.00 e. The monoisotopic (exact) mass is 374 g/mol. The summed E-state index contributed by atoms with van der Waals surface area (Å²) in [6.45, 7) is 2.13. The second-order valence-electron chi connectivity index (χ2n) is 5.10. The number of rotatable bonds is 12. The normalized spacial score (nSPS) is 13.0. The summed E-state index contributed by atoms with van der Waals surface area (Å²) >= 11 is 0. The SMILES string of the molecule is CCCCCCCCCCC(CS(=O)(=O)[O-])S(=O)(=O)[O-].[Na+].[Na+]. The van der Waals surface area contributed by atoms with E-state index in [1.54, 1.807) is 0 Å². The van der Waals surface area contributed by atoms with E-state index in [2.05, 4.69) is 6.92 Å². The summed E-state index contributed by atoms with van der Waals surface area (Å²) in [5.74, 6) is -1.12. The van der Waals surface area contributed by atoms with Crippen LogP contribution >= 0.6 is 0 Å². The van der Waals surface area contributed by atoms with E-state index < -0.39 is 31.2 Å². The van der Waals surface area contributed by atoms with Crippen molar-refractivity contribution in [2.45, 2.75) is 70.0 Å². The van der Waals surface area contributed by atoms with Crippen molar-refractivity contribution >= 4 is 20.2 Å². The maximum Gasteiger partial charge on any atom is 1.00 e. The van der Waals surface area contributed by atoms with E-state index in [1.807, 2.05) is 0 Å². The molecule has 0 heterocycles. The molecule has 0 aromatic carbocycles. The molecule has 0 saturated heterocycles. The van der Waals surface area contributed by atoms with Gasteiger partial charge in [-0.25, -0.2) is 16.8 Å². The molecule has 0 aromatic heterocycles. The molecule has 1 atom stereocenters. The second-order valence-corrected chi connectivity index (χ2v) is 8.20. The van der Waals surface area contributed by atoms with E-state index in [0.29, 0.717) is 6.42 Å². The smallest absolute Gasteiger partial charge is 0.748 e. The maximum absolute atomic E-state index is 10.9. The average molecular weight is 374 g/mol. The zero-order chi connectivity index (χ0) is 15.6. The minimum Gasteiger partial charge on any atom is -0.748 e. The Bertz CT molecular complexity index is 450. The van der Waals surface area contributed by atoms with Crippen LogP contribution in [-0.4, -0.2) is 36.9 Å². The van der Waals surface area contributed by atoms with Crippen molar-refractivity contribution in [1.82, 2.24) is 0 Å². The molecule has 10 heteroatoms. The summed E-state index contributed by atoms with van der Waals surface area (Å²) < 4.78 is 64.4. The predicted molar refractivity (Wildman–Crippen MR) is 75.3 cm³/mol. The Hall–Kier alpha value is 1.82. The van der Waals surface area contributed by atoms with E-state index >= 15 is 0 Å². The second kappa shape index (κ2) is 15.1. The fourth-order valence-corrected chi connectivity index (χ4v) is 4.29. The van der Waals surface area contributed by atoms with Crippen LogP contribution in [0.2, 0.25) is 0 Å². The summed E-state index contributed by atoms with van der Waals surface area (Å²) in [5, 5.41) is -1.61. The van der Waals surface area contributed by atoms with Gasteiger partial charge in [0.1, 0.15) is 0 Å². The average Bonchev–Trinajstić information content (AvgIpc) is 2.28. The van der Waals surface area contributed by atoms with Crippen LogP contribution < -0.4 is 59.1 Å². The van der Waals surface area contributed by atoms with Gasteiger partial charge in [0, 0.05) is 0 Å². The topological polar surface area (TPSA) is 114 Å². The number of hydrogen-bond donors (Lipinski definition) is 0. The summed E-state index contributed by atoms with van der Waals surface area (Å²) in [7, 11) is -9.43. The molecule has 0 aliphatic heterocycles. The van der Waals surface area contributed by atoms with Crippen molar-refractivity contribution in [3.63, 3.8) is 0 Å². The minimum atomic E-state index is -4.73. The van der Waals surface area contributed by atoms with Crippen LogP contribution in [0.1, 0.15) is 64.7 Å². The van der Waals surface area contributed by atoms with Crippen LogP contribution in [0.25, 0.3) is 0 Å². The Kier molecular flexibility index (Phi) is 19.6. The van der Waals surface area contributed by atoms with Gasteiger partial charge in [0.15, 0.2) is 0 Å². The summed E-state index contributed by atoms with van der Waals surface area (Å²) in [6.07, 6.45) is 7.82. The van der Waals surface area contributed by atoms with Crippen LogP contribution in [0, 0.1) is 0 Å². The molecule has 0 amide bonds. The summed E-state index contributed by atoms with van der Waals surface area (Å²) in [6, 6.07) is 0. The zero-order valence-corrected chi connectivity index (χ0v) is 19.5. The van der Waals surface area contributed by atoms with E-state index in [0.717, 1.165) is 25.7 Å². The van der Waals surface area contributed by atoms with Crippen molar-refractivity contribution < 1.29 is 85.1 Å². The molecule has 0 spiro atoms. The van der Waals surface area contributed by atoms with Crippen LogP contribution in [-0.2, 0) is 20.2 Å². The van der Waals surface area contributed by atoms with E-state index in [9.17, 15) is 25.9 Å². The fraction of sp³-hybridized carbons (Fsp3) is 1.00. The molecule has 0 aliphatic rings. The van der Waals surface area contributed by atoms with Crippen molar-refractivity contribution in [3.05, 3.63) is 0 Å². The first kappa shape index (κ1) is 28.6. The molecule has 0 N–H and O–H groups in total. The van der Waals surface area contributed by atoms with Gasteiger partial charge in [-0.2, -0.15) is 0 Å². The summed E-state index contributed by atoms with van der Waals surface area (Å²) in [5.41, 5.74) is 0. The molecule has 122 valence electrons. The molecule has 0 aromatic rings. The first-order valence-corrected chi connectivity index (χ1v) is 10.1. The van der Waals surface area contributed by atoms with Crippen molar-refractivity contribution in [3.8, 4) is 0 Å². The third-order valence-electron chi connectivity index (χ3n) is 3.18. The van der Waals surface area contributed by atoms with Gasteiger partial charge in [-0.3, -0.25) is 0 Å². The van der Waals surface area contributed by atoms with Gasteiger partial charge >= 0.3 is 59.1 Å². The van der Waals surface area contributed by atoms with Crippen molar-refractivity contribution in [1.29, 1.82) is 0 Å². The Morgan fingerprint density at radius 1 is 0.773 bits per heavy atom. The van der Waals surface area contributed by atoms with Crippen molar-refractivity contribution in [2.75, 3.05) is 5.75 Å². The summed E-state index contributed by atoms with van der Waals surface area (Å²) in [4.78, 5) is 0. The van der Waals surface area contributed by atoms with Gasteiger partial charge in [-0.15, -0.1) is 0 Å². The molecule has 0 fully saturated rings. The van der Waals surface area contributed by atoms with Crippen LogP contribution in [0.15, 0.2) is 0 Å². The molecule has 6 nitrogen and oxygen atoms in total. The molecule has 22 heavy (non-hydrogen) atoms. The Morgan fingerprint density at radius 3 is 1.55 bits per heavy atom. The van der Waals surface area contributed by atoms with E-state index in [1.165, 1.54) is 19.3 Å². The molecule has 0 aliphatic carbocycles. The Balaban J connectivity index is -0.00000180. The van der Waals surface area contributed by atoms with Gasteiger partial charge < -0.3 is 9.11 Å². The first-order chi connectivity index (χ1) is 9.17. The molecular weight excluding hydrogens is 350 g/mol. The fourth-order valence-electron chi connectivity index (χ4n) is 2.04. The van der Waals surface area contributed by atoms with Crippen molar-refractivity contribution in [2.24, 2.45) is 0 Å². The Labute approximate surface area is 179 Å². The number of hydrogen-bond acceptors (Lipinski definition) is 6. The third kappa shape index (κ3) is 18.2. The maximum atomic E-state index is 10.9. The quantitative estimate of drug-likeness (QED) is 0.195. The molecule has 0 bridgehead atoms. The van der Waals surface area contributed by atoms with Gasteiger partial charge in [0.2, 0.25) is 0 Å². The zero-order valence-electron chi connectivity index (χ0n) is 13.9. The third-order valence-corrected chi connectivity index (χ3v) is 5.42. The van der Waals surface area contributed by atoms with Crippen LogP contribution in [0.5, 0.6) is 0 Å². The molecular formula is C12H24Na2O6S2. The van der Waals surface area contributed by atoms with Gasteiger partial charge in [0.05, 0.1) is 31.2 Å². The number of unbranched alkanes of at least 4 members (excludes halogenated alkanes) is 7. The van der Waals surface area contributed by atoms with E-state index in [-0.39, 0.29) is 65.5 Å². The Morgan fingerprint density at radius 2 is 1.18 bits per heavy atom. The van der Waals surface area contributed by atoms with Gasteiger partial charge in [0.25, 0.3) is 0 Å². The van der Waals surface area contributed by atoms with Crippen LogP contribution in [0.4, 0.5) is 0 Å². The molecule has 1 unspecified atom stereocenters. The van der Waals surface area contributed by atoms with Gasteiger partial charge in [-0.05, 0) is 6.42 Å². The molecule has 0 rings (SSSR count). The standard InChI is InChI=1S/C12H26O6S2.2Na/c1-2-3-4-5-6-7-8-9-10-12(20(16,17)18)11-19(13,14)15;;/h12H,2-11H2,1H3,(H,13,14,15)(H,16,17,18);;/q;2*+1/p-2. The van der Waals surface area contributed by atoms with Gasteiger partial charge in [-0.1, -0.05) is 58.3 Å².